The van der Waals surface area contributed by atoms with Crippen molar-refractivity contribution in [1.29, 1.82) is 0 Å². The average molecular weight is 262 g/mol. The highest BCUT2D eigenvalue weighted by atomic mass is 16.5. The summed E-state index contributed by atoms with van der Waals surface area (Å²) in [6.07, 6.45) is 3.29. The topological polar surface area (TPSA) is 41.6 Å². The first-order valence-corrected chi connectivity index (χ1v) is 6.79. The Balaban J connectivity index is 1.71. The third-order valence-electron chi connectivity index (χ3n) is 3.44. The number of hydrogen-bond acceptors (Lipinski definition) is 3. The monoisotopic (exact) mass is 262 g/mol. The quantitative estimate of drug-likeness (QED) is 0.808. The Morgan fingerprint density at radius 3 is 2.63 bits per heavy atom. The molecule has 0 atom stereocenters. The van der Waals surface area contributed by atoms with Crippen LogP contribution in [0.15, 0.2) is 24.3 Å². The van der Waals surface area contributed by atoms with Crippen molar-refractivity contribution < 1.29 is 9.53 Å². The molecule has 0 unspecified atom stereocenters. The van der Waals surface area contributed by atoms with E-state index in [1.165, 1.54) is 18.4 Å². The molecule has 1 aromatic carbocycles. The minimum absolute atomic E-state index is 0.167. The van der Waals surface area contributed by atoms with E-state index in [4.69, 9.17) is 4.74 Å². The van der Waals surface area contributed by atoms with Crippen LogP contribution >= 0.6 is 0 Å². The smallest absolute Gasteiger partial charge is 0.236 e. The maximum Gasteiger partial charge on any atom is 0.236 e. The van der Waals surface area contributed by atoms with Crippen LogP contribution in [0.25, 0.3) is 0 Å². The number of carbonyl (C=O) groups is 1. The number of nitrogens with zero attached hydrogens (tertiary/aromatic N) is 1. The molecule has 1 aromatic rings. The molecule has 0 aromatic heterocycles. The van der Waals surface area contributed by atoms with E-state index in [-0.39, 0.29) is 5.91 Å². The first-order valence-electron chi connectivity index (χ1n) is 6.79. The highest BCUT2D eigenvalue weighted by Crippen LogP contribution is 2.18. The second-order valence-corrected chi connectivity index (χ2v) is 5.07. The van der Waals surface area contributed by atoms with Crippen LogP contribution in [-0.2, 0) is 11.2 Å². The molecule has 1 N–H and O–H groups in total. The van der Waals surface area contributed by atoms with Crippen molar-refractivity contribution in [3.05, 3.63) is 29.8 Å². The van der Waals surface area contributed by atoms with Crippen LogP contribution in [0.3, 0.4) is 0 Å². The number of nitrogens with one attached hydrogen (secondary N) is 1. The van der Waals surface area contributed by atoms with E-state index < -0.39 is 0 Å². The van der Waals surface area contributed by atoms with Gasteiger partial charge >= 0.3 is 0 Å². The van der Waals surface area contributed by atoms with Gasteiger partial charge in [-0.05, 0) is 37.0 Å². The van der Waals surface area contributed by atoms with Gasteiger partial charge in [0.25, 0.3) is 0 Å². The Kier molecular flexibility index (Phi) is 4.80. The van der Waals surface area contributed by atoms with Crippen molar-refractivity contribution in [2.24, 2.45) is 0 Å². The first kappa shape index (κ1) is 13.9. The van der Waals surface area contributed by atoms with E-state index >= 15 is 0 Å². The molecule has 0 heterocycles. The molecule has 0 bridgehead atoms. The first-order chi connectivity index (χ1) is 9.19. The van der Waals surface area contributed by atoms with Crippen molar-refractivity contribution in [2.75, 3.05) is 27.2 Å². The highest BCUT2D eigenvalue weighted by molar-refractivity contribution is 5.78. The molecule has 4 nitrogen and oxygen atoms in total. The lowest BCUT2D eigenvalue weighted by Crippen LogP contribution is -2.37. The van der Waals surface area contributed by atoms with Gasteiger partial charge < -0.3 is 15.0 Å². The van der Waals surface area contributed by atoms with Gasteiger partial charge in [-0.1, -0.05) is 12.1 Å². The largest absolute Gasteiger partial charge is 0.497 e. The second-order valence-electron chi connectivity index (χ2n) is 5.07. The van der Waals surface area contributed by atoms with E-state index in [0.717, 1.165) is 18.7 Å². The Hall–Kier alpha value is -1.55. The number of ether oxygens (including phenoxy) is 1. The second kappa shape index (κ2) is 6.57. The van der Waals surface area contributed by atoms with Gasteiger partial charge in [0, 0.05) is 19.6 Å². The number of likely N-dealkylation sites (N-methyl/N-ethyl adjacent to an activating group) is 1. The Bertz CT molecular complexity index is 413. The molecule has 19 heavy (non-hydrogen) atoms. The van der Waals surface area contributed by atoms with Crippen LogP contribution < -0.4 is 10.1 Å². The number of amides is 1. The number of carbonyl (C=O) groups excluding carboxylic acids is 1. The van der Waals surface area contributed by atoms with Crippen LogP contribution in [0.1, 0.15) is 18.4 Å². The normalized spacial score (nSPS) is 14.2. The summed E-state index contributed by atoms with van der Waals surface area (Å²) < 4.78 is 5.12. The number of benzene rings is 1. The van der Waals surface area contributed by atoms with Crippen LogP contribution in [0, 0.1) is 0 Å². The average Bonchev–Trinajstić information content (AvgIpc) is 3.26. The molecule has 1 fully saturated rings. The van der Waals surface area contributed by atoms with E-state index in [1.54, 1.807) is 12.0 Å². The van der Waals surface area contributed by atoms with Gasteiger partial charge in [-0.3, -0.25) is 4.79 Å². The zero-order valence-electron chi connectivity index (χ0n) is 11.7. The van der Waals surface area contributed by atoms with Crippen molar-refractivity contribution in [2.45, 2.75) is 25.3 Å². The zero-order chi connectivity index (χ0) is 13.7. The lowest BCUT2D eigenvalue weighted by molar-refractivity contribution is -0.128. The SMILES string of the molecule is COc1ccc(CCN(C)C(=O)CNC2CC2)cc1. The van der Waals surface area contributed by atoms with Crippen LogP contribution in [0.4, 0.5) is 0 Å². The Morgan fingerprint density at radius 1 is 1.37 bits per heavy atom. The minimum atomic E-state index is 0.167. The maximum atomic E-state index is 11.8. The summed E-state index contributed by atoms with van der Waals surface area (Å²) in [5.74, 6) is 1.03. The summed E-state index contributed by atoms with van der Waals surface area (Å²) in [6, 6.07) is 8.57. The lowest BCUT2D eigenvalue weighted by Gasteiger charge is -2.17. The fourth-order valence-corrected chi connectivity index (χ4v) is 1.87. The molecule has 1 aliphatic carbocycles. The minimum Gasteiger partial charge on any atom is -0.497 e. The van der Waals surface area contributed by atoms with Crippen LogP contribution in [0.2, 0.25) is 0 Å². The summed E-state index contributed by atoms with van der Waals surface area (Å²) in [7, 11) is 3.52. The maximum absolute atomic E-state index is 11.8. The van der Waals surface area contributed by atoms with Crippen molar-refractivity contribution in [1.82, 2.24) is 10.2 Å². The number of methoxy groups -OCH3 is 1. The standard InChI is InChI=1S/C15H22N2O2/c1-17(15(18)11-16-13-5-6-13)10-9-12-3-7-14(19-2)8-4-12/h3-4,7-8,13,16H,5-6,9-11H2,1-2H3. The Morgan fingerprint density at radius 2 is 2.05 bits per heavy atom. The highest BCUT2D eigenvalue weighted by Gasteiger charge is 2.21. The molecule has 0 aliphatic heterocycles. The van der Waals surface area contributed by atoms with Gasteiger partial charge in [0.15, 0.2) is 0 Å². The molecule has 4 heteroatoms. The van der Waals surface area contributed by atoms with Gasteiger partial charge in [-0.15, -0.1) is 0 Å². The molecule has 104 valence electrons. The van der Waals surface area contributed by atoms with Crippen LogP contribution in [-0.4, -0.2) is 44.1 Å². The Labute approximate surface area is 114 Å². The number of rotatable bonds is 7. The van der Waals surface area contributed by atoms with Gasteiger partial charge in [0.05, 0.1) is 13.7 Å². The predicted octanol–water partition coefficient (Wildman–Crippen LogP) is 1.45. The van der Waals surface area contributed by atoms with Gasteiger partial charge in [0.1, 0.15) is 5.75 Å². The van der Waals surface area contributed by atoms with Gasteiger partial charge in [-0.25, -0.2) is 0 Å². The van der Waals surface area contributed by atoms with Gasteiger partial charge in [-0.2, -0.15) is 0 Å². The lowest BCUT2D eigenvalue weighted by atomic mass is 10.1. The third kappa shape index (κ3) is 4.56. The summed E-state index contributed by atoms with van der Waals surface area (Å²) in [6.45, 7) is 1.21. The summed E-state index contributed by atoms with van der Waals surface area (Å²) in [5, 5.41) is 3.24. The molecule has 0 spiro atoms. The van der Waals surface area contributed by atoms with Gasteiger partial charge in [0.2, 0.25) is 5.91 Å². The van der Waals surface area contributed by atoms with E-state index in [1.807, 2.05) is 31.3 Å². The fraction of sp³-hybridized carbons (Fsp3) is 0.533. The number of hydrogen-bond donors (Lipinski definition) is 1. The fourth-order valence-electron chi connectivity index (χ4n) is 1.87. The summed E-state index contributed by atoms with van der Waals surface area (Å²) >= 11 is 0. The van der Waals surface area contributed by atoms with E-state index in [0.29, 0.717) is 12.6 Å². The molecule has 2 rings (SSSR count). The van der Waals surface area contributed by atoms with Crippen molar-refractivity contribution in [3.63, 3.8) is 0 Å². The van der Waals surface area contributed by atoms with E-state index in [2.05, 4.69) is 5.32 Å². The van der Waals surface area contributed by atoms with Crippen molar-refractivity contribution in [3.8, 4) is 5.75 Å². The summed E-state index contributed by atoms with van der Waals surface area (Å²) in [4.78, 5) is 13.6. The molecule has 1 saturated carbocycles. The molecular weight excluding hydrogens is 240 g/mol. The van der Waals surface area contributed by atoms with Crippen LogP contribution in [0.5, 0.6) is 5.75 Å². The molecule has 0 saturated heterocycles. The molecule has 1 amide bonds. The molecule has 1 aliphatic rings. The predicted molar refractivity (Wildman–Crippen MR) is 75.4 cm³/mol. The zero-order valence-corrected chi connectivity index (χ0v) is 11.7. The summed E-state index contributed by atoms with van der Waals surface area (Å²) in [5.41, 5.74) is 1.22. The van der Waals surface area contributed by atoms with E-state index in [9.17, 15) is 4.79 Å². The molecule has 0 radical (unpaired) electrons. The third-order valence-corrected chi connectivity index (χ3v) is 3.44. The van der Waals surface area contributed by atoms with Crippen molar-refractivity contribution >= 4 is 5.91 Å². The molecular formula is C15H22N2O2.